The minimum atomic E-state index is -3.87. The topological polar surface area (TPSA) is 94.1 Å². The van der Waals surface area contributed by atoms with Gasteiger partial charge in [0.15, 0.2) is 0 Å². The van der Waals surface area contributed by atoms with Crippen LogP contribution in [0.15, 0.2) is 82.3 Å². The maximum Gasteiger partial charge on any atom is 0.263 e. The minimum absolute atomic E-state index is 0.0162. The Bertz CT molecular complexity index is 1250. The van der Waals surface area contributed by atoms with Crippen LogP contribution in [-0.2, 0) is 16.6 Å². The molecule has 0 aliphatic heterocycles. The predicted molar refractivity (Wildman–Crippen MR) is 113 cm³/mol. The number of nitrogens with zero attached hydrogens (tertiary/aromatic N) is 3. The number of halogens is 1. The van der Waals surface area contributed by atoms with E-state index < -0.39 is 10.0 Å². The summed E-state index contributed by atoms with van der Waals surface area (Å²) < 4.78 is 34.7. The first-order valence-corrected chi connectivity index (χ1v) is 10.9. The van der Waals surface area contributed by atoms with Gasteiger partial charge in [0, 0.05) is 10.7 Å². The van der Waals surface area contributed by atoms with Crippen LogP contribution >= 0.6 is 15.9 Å². The van der Waals surface area contributed by atoms with Crippen molar-refractivity contribution in [3.8, 4) is 5.88 Å². The van der Waals surface area contributed by atoms with Crippen molar-refractivity contribution in [2.75, 3.05) is 4.72 Å². The average Bonchev–Trinajstić information content (AvgIpc) is 2.73. The lowest BCUT2D eigenvalue weighted by atomic mass is 10.3. The lowest BCUT2D eigenvalue weighted by molar-refractivity contribution is 0.291. The van der Waals surface area contributed by atoms with Gasteiger partial charge in [-0.25, -0.2) is 18.4 Å². The van der Waals surface area contributed by atoms with Crippen LogP contribution in [0.2, 0.25) is 0 Å². The summed E-state index contributed by atoms with van der Waals surface area (Å²) in [7, 11) is -3.87. The van der Waals surface area contributed by atoms with Crippen LogP contribution in [-0.4, -0.2) is 23.4 Å². The highest BCUT2D eigenvalue weighted by atomic mass is 79.9. The van der Waals surface area contributed by atoms with Crippen molar-refractivity contribution in [1.82, 2.24) is 15.0 Å². The molecule has 0 radical (unpaired) electrons. The third-order valence-corrected chi connectivity index (χ3v) is 5.86. The molecule has 0 aliphatic rings. The Balaban J connectivity index is 1.70. The highest BCUT2D eigenvalue weighted by Gasteiger charge is 2.20. The van der Waals surface area contributed by atoms with Crippen LogP contribution in [0.5, 0.6) is 5.88 Å². The first-order valence-electron chi connectivity index (χ1n) is 8.59. The van der Waals surface area contributed by atoms with E-state index in [0.717, 1.165) is 4.47 Å². The molecule has 0 saturated heterocycles. The Labute approximate surface area is 176 Å². The van der Waals surface area contributed by atoms with Crippen molar-refractivity contribution in [1.29, 1.82) is 0 Å². The van der Waals surface area contributed by atoms with Gasteiger partial charge in [-0.3, -0.25) is 9.71 Å². The molecule has 0 amide bonds. The standard InChI is InChI=1S/C20H15BrN4O3S/c21-14-8-10-16(11-9-14)29(26,27)25-19-20(28-13-15-5-3-4-12-22-15)24-18-7-2-1-6-17(18)23-19/h1-12H,13H2,(H,23,25). The van der Waals surface area contributed by atoms with E-state index in [9.17, 15) is 8.42 Å². The van der Waals surface area contributed by atoms with Crippen LogP contribution in [0.1, 0.15) is 5.69 Å². The van der Waals surface area contributed by atoms with E-state index >= 15 is 0 Å². The Kier molecular flexibility index (Phi) is 5.41. The lowest BCUT2D eigenvalue weighted by Crippen LogP contribution is -2.15. The SMILES string of the molecule is O=S(=O)(Nc1nc2ccccc2nc1OCc1ccccn1)c1ccc(Br)cc1. The van der Waals surface area contributed by atoms with Crippen molar-refractivity contribution >= 4 is 42.8 Å². The zero-order chi connectivity index (χ0) is 20.3. The number of aromatic nitrogens is 3. The second kappa shape index (κ2) is 8.14. The van der Waals surface area contributed by atoms with Gasteiger partial charge in [-0.15, -0.1) is 0 Å². The van der Waals surface area contributed by atoms with Crippen LogP contribution < -0.4 is 9.46 Å². The van der Waals surface area contributed by atoms with Gasteiger partial charge in [-0.05, 0) is 48.5 Å². The molecular formula is C20H15BrN4O3S. The number of hydrogen-bond acceptors (Lipinski definition) is 6. The Morgan fingerprint density at radius 3 is 2.28 bits per heavy atom. The molecule has 29 heavy (non-hydrogen) atoms. The number of pyridine rings is 1. The van der Waals surface area contributed by atoms with Gasteiger partial charge in [0.2, 0.25) is 5.82 Å². The fourth-order valence-corrected chi connectivity index (χ4v) is 3.84. The number of anilines is 1. The smallest absolute Gasteiger partial charge is 0.263 e. The summed E-state index contributed by atoms with van der Waals surface area (Å²) in [5.74, 6) is 0.0950. The molecule has 0 unspecified atom stereocenters. The highest BCUT2D eigenvalue weighted by Crippen LogP contribution is 2.27. The molecule has 0 fully saturated rings. The van der Waals surface area contributed by atoms with Crippen LogP contribution in [0.4, 0.5) is 5.82 Å². The van der Waals surface area contributed by atoms with Crippen LogP contribution in [0.25, 0.3) is 11.0 Å². The first-order chi connectivity index (χ1) is 14.0. The number of benzene rings is 2. The van der Waals surface area contributed by atoms with Gasteiger partial charge in [0.05, 0.1) is 21.6 Å². The van der Waals surface area contributed by atoms with E-state index in [1.165, 1.54) is 12.1 Å². The van der Waals surface area contributed by atoms with Crippen molar-refractivity contribution < 1.29 is 13.2 Å². The normalized spacial score (nSPS) is 11.3. The third kappa shape index (κ3) is 4.52. The molecule has 0 saturated carbocycles. The molecule has 0 spiro atoms. The summed E-state index contributed by atoms with van der Waals surface area (Å²) in [6.45, 7) is 0.126. The average molecular weight is 471 g/mol. The van der Waals surface area contributed by atoms with Gasteiger partial charge in [0.1, 0.15) is 6.61 Å². The molecular weight excluding hydrogens is 456 g/mol. The summed E-state index contributed by atoms with van der Waals surface area (Å²) in [5.41, 5.74) is 1.82. The quantitative estimate of drug-likeness (QED) is 0.454. The van der Waals surface area contributed by atoms with E-state index in [-0.39, 0.29) is 23.2 Å². The van der Waals surface area contributed by atoms with E-state index in [0.29, 0.717) is 16.7 Å². The third-order valence-electron chi connectivity index (χ3n) is 3.98. The first kappa shape index (κ1) is 19.3. The maximum absolute atomic E-state index is 12.8. The van der Waals surface area contributed by atoms with Crippen molar-refractivity contribution in [2.24, 2.45) is 0 Å². The second-order valence-electron chi connectivity index (χ2n) is 6.04. The predicted octanol–water partition coefficient (Wildman–Crippen LogP) is 4.17. The molecule has 7 nitrogen and oxygen atoms in total. The Morgan fingerprint density at radius 1 is 0.897 bits per heavy atom. The van der Waals surface area contributed by atoms with Crippen LogP contribution in [0, 0.1) is 0 Å². The molecule has 4 aromatic rings. The van der Waals surface area contributed by atoms with Crippen molar-refractivity contribution in [3.63, 3.8) is 0 Å². The molecule has 2 aromatic carbocycles. The van der Waals surface area contributed by atoms with Gasteiger partial charge in [-0.2, -0.15) is 0 Å². The van der Waals surface area contributed by atoms with Crippen molar-refractivity contribution in [2.45, 2.75) is 11.5 Å². The Morgan fingerprint density at radius 2 is 1.59 bits per heavy atom. The van der Waals surface area contributed by atoms with E-state index in [2.05, 4.69) is 35.6 Å². The van der Waals surface area contributed by atoms with Crippen molar-refractivity contribution in [3.05, 3.63) is 83.1 Å². The lowest BCUT2D eigenvalue weighted by Gasteiger charge is -2.13. The van der Waals surface area contributed by atoms with Crippen LogP contribution in [0.3, 0.4) is 0 Å². The number of sulfonamides is 1. The summed E-state index contributed by atoms with van der Waals surface area (Å²) in [6, 6.07) is 18.9. The van der Waals surface area contributed by atoms with E-state index in [1.807, 2.05) is 12.1 Å². The fourth-order valence-electron chi connectivity index (χ4n) is 2.58. The largest absolute Gasteiger partial charge is 0.469 e. The minimum Gasteiger partial charge on any atom is -0.469 e. The highest BCUT2D eigenvalue weighted by molar-refractivity contribution is 9.10. The monoisotopic (exact) mass is 470 g/mol. The molecule has 9 heteroatoms. The van der Waals surface area contributed by atoms with E-state index in [4.69, 9.17) is 4.74 Å². The molecule has 0 bridgehead atoms. The number of rotatable bonds is 6. The van der Waals surface area contributed by atoms with Gasteiger partial charge >= 0.3 is 0 Å². The molecule has 2 aromatic heterocycles. The number of nitrogens with one attached hydrogen (secondary N) is 1. The molecule has 0 atom stereocenters. The molecule has 0 aliphatic carbocycles. The zero-order valence-electron chi connectivity index (χ0n) is 15.0. The summed E-state index contributed by atoms with van der Waals surface area (Å²) in [4.78, 5) is 13.1. The van der Waals surface area contributed by atoms with E-state index in [1.54, 1.807) is 48.7 Å². The molecule has 2 heterocycles. The second-order valence-corrected chi connectivity index (χ2v) is 8.63. The molecule has 146 valence electrons. The summed E-state index contributed by atoms with van der Waals surface area (Å²) in [5, 5.41) is 0. The molecule has 1 N–H and O–H groups in total. The number of para-hydroxylation sites is 2. The number of fused-ring (bicyclic) bond motifs is 1. The van der Waals surface area contributed by atoms with Gasteiger partial charge in [-0.1, -0.05) is 34.1 Å². The number of hydrogen-bond donors (Lipinski definition) is 1. The fraction of sp³-hybridized carbons (Fsp3) is 0.0500. The number of ether oxygens (including phenoxy) is 1. The van der Waals surface area contributed by atoms with Gasteiger partial charge in [0.25, 0.3) is 15.9 Å². The van der Waals surface area contributed by atoms with Gasteiger partial charge < -0.3 is 4.74 Å². The summed E-state index contributed by atoms with van der Waals surface area (Å²) in [6.07, 6.45) is 1.65. The molecule has 4 rings (SSSR count). The summed E-state index contributed by atoms with van der Waals surface area (Å²) >= 11 is 3.30. The zero-order valence-corrected chi connectivity index (χ0v) is 17.4. The Hall–Kier alpha value is -3.04. The maximum atomic E-state index is 12.8.